The number of pyridine rings is 1. The van der Waals surface area contributed by atoms with Crippen LogP contribution in [0.5, 0.6) is 0 Å². The first-order valence-electron chi connectivity index (χ1n) is 5.88. The van der Waals surface area contributed by atoms with E-state index in [0.29, 0.717) is 11.3 Å². The van der Waals surface area contributed by atoms with Crippen LogP contribution in [-0.4, -0.2) is 11.5 Å². The van der Waals surface area contributed by atoms with Crippen molar-refractivity contribution in [1.82, 2.24) is 4.98 Å². The molecule has 0 saturated heterocycles. The molecule has 100 valence electrons. The number of benzene rings is 1. The molecule has 0 amide bonds. The number of halogens is 3. The Morgan fingerprint density at radius 2 is 1.79 bits per heavy atom. The molecule has 2 aromatic rings. The molecule has 2 nitrogen and oxygen atoms in total. The number of anilines is 1. The van der Waals surface area contributed by atoms with Crippen LogP contribution in [0.3, 0.4) is 0 Å². The van der Waals surface area contributed by atoms with Crippen LogP contribution >= 0.6 is 0 Å². The maximum absolute atomic E-state index is 12.5. The largest absolute Gasteiger partial charge is 0.416 e. The van der Waals surface area contributed by atoms with E-state index < -0.39 is 11.7 Å². The third-order valence-electron chi connectivity index (χ3n) is 2.65. The predicted octanol–water partition coefficient (Wildman–Crippen LogP) is 4.20. The lowest BCUT2D eigenvalue weighted by Gasteiger charge is -2.08. The zero-order valence-corrected chi connectivity index (χ0v) is 10.3. The molecule has 1 heterocycles. The van der Waals surface area contributed by atoms with Gasteiger partial charge >= 0.3 is 6.18 Å². The number of hydrogen-bond donors (Lipinski definition) is 1. The Labute approximate surface area is 109 Å². The van der Waals surface area contributed by atoms with Gasteiger partial charge in [0.05, 0.1) is 11.3 Å². The number of alkyl halides is 3. The van der Waals surface area contributed by atoms with Crippen LogP contribution in [0.25, 0.3) is 11.3 Å². The van der Waals surface area contributed by atoms with Gasteiger partial charge in [-0.1, -0.05) is 12.1 Å². The fraction of sp³-hybridized carbons (Fsp3) is 0.214. The highest BCUT2D eigenvalue weighted by Crippen LogP contribution is 2.30. The topological polar surface area (TPSA) is 24.9 Å². The van der Waals surface area contributed by atoms with Crippen LogP contribution < -0.4 is 5.32 Å². The van der Waals surface area contributed by atoms with Crippen molar-refractivity contribution >= 4 is 5.69 Å². The van der Waals surface area contributed by atoms with Gasteiger partial charge in [0.2, 0.25) is 0 Å². The minimum absolute atomic E-state index is 0.646. The summed E-state index contributed by atoms with van der Waals surface area (Å²) in [5.41, 5.74) is 1.55. The van der Waals surface area contributed by atoms with Crippen molar-refractivity contribution < 1.29 is 13.2 Å². The average molecular weight is 266 g/mol. The van der Waals surface area contributed by atoms with Gasteiger partial charge in [0.25, 0.3) is 0 Å². The summed E-state index contributed by atoms with van der Waals surface area (Å²) in [6.45, 7) is 2.74. The van der Waals surface area contributed by atoms with Gasteiger partial charge in [-0.05, 0) is 31.2 Å². The SMILES string of the molecule is CCNc1ccnc(-c2ccc(C(F)(F)F)cc2)c1. The molecule has 0 aliphatic carbocycles. The molecule has 0 saturated carbocycles. The molecule has 0 unspecified atom stereocenters. The molecule has 0 aliphatic rings. The number of nitrogens with one attached hydrogen (secondary N) is 1. The van der Waals surface area contributed by atoms with E-state index in [-0.39, 0.29) is 0 Å². The van der Waals surface area contributed by atoms with Gasteiger partial charge < -0.3 is 5.32 Å². The fourth-order valence-corrected chi connectivity index (χ4v) is 1.73. The minimum atomic E-state index is -4.31. The number of aromatic nitrogens is 1. The van der Waals surface area contributed by atoms with Crippen LogP contribution in [0.1, 0.15) is 12.5 Å². The predicted molar refractivity (Wildman–Crippen MR) is 68.8 cm³/mol. The molecule has 1 N–H and O–H groups in total. The summed E-state index contributed by atoms with van der Waals surface area (Å²) in [7, 11) is 0. The number of rotatable bonds is 3. The lowest BCUT2D eigenvalue weighted by molar-refractivity contribution is -0.137. The summed E-state index contributed by atoms with van der Waals surface area (Å²) in [6, 6.07) is 8.62. The second-order valence-electron chi connectivity index (χ2n) is 4.04. The van der Waals surface area contributed by atoms with E-state index in [1.54, 1.807) is 6.20 Å². The van der Waals surface area contributed by atoms with Gasteiger partial charge in [-0.25, -0.2) is 0 Å². The molecule has 0 aliphatic heterocycles. The Hall–Kier alpha value is -2.04. The van der Waals surface area contributed by atoms with Gasteiger partial charge in [0, 0.05) is 24.0 Å². The van der Waals surface area contributed by atoms with Crippen molar-refractivity contribution in [3.63, 3.8) is 0 Å². The molecule has 0 bridgehead atoms. The van der Waals surface area contributed by atoms with Gasteiger partial charge in [0.15, 0.2) is 0 Å². The van der Waals surface area contributed by atoms with Crippen LogP contribution in [-0.2, 0) is 6.18 Å². The Balaban J connectivity index is 2.29. The third-order valence-corrected chi connectivity index (χ3v) is 2.65. The normalized spacial score (nSPS) is 11.4. The first-order valence-corrected chi connectivity index (χ1v) is 5.88. The van der Waals surface area contributed by atoms with E-state index in [9.17, 15) is 13.2 Å². The van der Waals surface area contributed by atoms with Crippen LogP contribution in [0.2, 0.25) is 0 Å². The smallest absolute Gasteiger partial charge is 0.385 e. The summed E-state index contributed by atoms with van der Waals surface area (Å²) in [4.78, 5) is 4.16. The maximum atomic E-state index is 12.5. The van der Waals surface area contributed by atoms with Crippen molar-refractivity contribution in [2.75, 3.05) is 11.9 Å². The minimum Gasteiger partial charge on any atom is -0.385 e. The third kappa shape index (κ3) is 3.24. The molecular formula is C14H13F3N2. The van der Waals surface area contributed by atoms with Gasteiger partial charge in [-0.2, -0.15) is 13.2 Å². The maximum Gasteiger partial charge on any atom is 0.416 e. The monoisotopic (exact) mass is 266 g/mol. The molecule has 0 radical (unpaired) electrons. The molecule has 0 fully saturated rings. The van der Waals surface area contributed by atoms with Gasteiger partial charge in [-0.15, -0.1) is 0 Å². The van der Waals surface area contributed by atoms with Crippen molar-refractivity contribution in [2.24, 2.45) is 0 Å². The summed E-state index contributed by atoms with van der Waals surface area (Å²) >= 11 is 0. The van der Waals surface area contributed by atoms with Crippen molar-refractivity contribution in [1.29, 1.82) is 0 Å². The zero-order chi connectivity index (χ0) is 13.9. The van der Waals surface area contributed by atoms with Gasteiger partial charge in [0.1, 0.15) is 0 Å². The van der Waals surface area contributed by atoms with Gasteiger partial charge in [-0.3, -0.25) is 4.98 Å². The summed E-state index contributed by atoms with van der Waals surface area (Å²) in [5, 5.41) is 3.13. The first kappa shape index (κ1) is 13.4. The van der Waals surface area contributed by atoms with Crippen molar-refractivity contribution in [3.8, 4) is 11.3 Å². The van der Waals surface area contributed by atoms with E-state index in [1.165, 1.54) is 12.1 Å². The highest BCUT2D eigenvalue weighted by Gasteiger charge is 2.29. The second kappa shape index (κ2) is 5.30. The number of hydrogen-bond acceptors (Lipinski definition) is 2. The molecular weight excluding hydrogens is 253 g/mol. The van der Waals surface area contributed by atoms with E-state index in [1.807, 2.05) is 19.1 Å². The Kier molecular flexibility index (Phi) is 3.74. The highest BCUT2D eigenvalue weighted by atomic mass is 19.4. The fourth-order valence-electron chi connectivity index (χ4n) is 1.73. The molecule has 19 heavy (non-hydrogen) atoms. The lowest BCUT2D eigenvalue weighted by Crippen LogP contribution is -2.04. The van der Waals surface area contributed by atoms with E-state index >= 15 is 0 Å². The van der Waals surface area contributed by atoms with E-state index in [0.717, 1.165) is 24.4 Å². The number of nitrogens with zero attached hydrogens (tertiary/aromatic N) is 1. The van der Waals surface area contributed by atoms with Crippen molar-refractivity contribution in [3.05, 3.63) is 48.2 Å². The molecule has 2 rings (SSSR count). The van der Waals surface area contributed by atoms with E-state index in [2.05, 4.69) is 10.3 Å². The zero-order valence-electron chi connectivity index (χ0n) is 10.3. The first-order chi connectivity index (χ1) is 9.00. The summed E-state index contributed by atoms with van der Waals surface area (Å²) in [6.07, 6.45) is -2.68. The molecule has 0 spiro atoms. The molecule has 0 atom stereocenters. The average Bonchev–Trinajstić information content (AvgIpc) is 2.39. The Morgan fingerprint density at radius 1 is 1.11 bits per heavy atom. The standard InChI is InChI=1S/C14H13F3N2/c1-2-18-12-7-8-19-13(9-12)10-3-5-11(6-4-10)14(15,16)17/h3-9H,2H2,1H3,(H,18,19). The molecule has 1 aromatic heterocycles. The summed E-state index contributed by atoms with van der Waals surface area (Å²) in [5.74, 6) is 0. The Bertz CT molecular complexity index is 547. The molecule has 1 aromatic carbocycles. The highest BCUT2D eigenvalue weighted by molar-refractivity contribution is 5.64. The quantitative estimate of drug-likeness (QED) is 0.900. The lowest BCUT2D eigenvalue weighted by atomic mass is 10.1. The Morgan fingerprint density at radius 3 is 2.37 bits per heavy atom. The summed E-state index contributed by atoms with van der Waals surface area (Å²) < 4.78 is 37.4. The molecule has 5 heteroatoms. The van der Waals surface area contributed by atoms with Crippen molar-refractivity contribution in [2.45, 2.75) is 13.1 Å². The second-order valence-corrected chi connectivity index (χ2v) is 4.04. The van der Waals surface area contributed by atoms with E-state index in [4.69, 9.17) is 0 Å². The van der Waals surface area contributed by atoms with Crippen LogP contribution in [0.15, 0.2) is 42.6 Å². The van der Waals surface area contributed by atoms with Crippen LogP contribution in [0.4, 0.5) is 18.9 Å². The van der Waals surface area contributed by atoms with Crippen LogP contribution in [0, 0.1) is 0 Å².